The van der Waals surface area contributed by atoms with E-state index in [-0.39, 0.29) is 11.9 Å². The number of pyridine rings is 1. The van der Waals surface area contributed by atoms with E-state index in [1.807, 2.05) is 100 Å². The van der Waals surface area contributed by atoms with Crippen molar-refractivity contribution >= 4 is 23.5 Å². The summed E-state index contributed by atoms with van der Waals surface area (Å²) in [5, 5.41) is 0. The predicted molar refractivity (Wildman–Crippen MR) is 137 cm³/mol. The Morgan fingerprint density at radius 3 is 2.56 bits per heavy atom. The number of nitrogens with zero attached hydrogens (tertiary/aromatic N) is 4. The average molecular weight is 450 g/mol. The van der Waals surface area contributed by atoms with E-state index in [0.29, 0.717) is 23.6 Å². The number of nitrogens with two attached hydrogens (primary N) is 1. The number of benzene rings is 2. The molecule has 0 saturated carbocycles. The summed E-state index contributed by atoms with van der Waals surface area (Å²) < 4.78 is 1.90. The van der Waals surface area contributed by atoms with Gasteiger partial charge in [-0.3, -0.25) is 14.2 Å². The molecular weight excluding hydrogens is 422 g/mol. The lowest BCUT2D eigenvalue weighted by molar-refractivity contribution is 0.0735. The molecule has 1 aliphatic rings. The maximum Gasteiger partial charge on any atom is 0.273 e. The van der Waals surface area contributed by atoms with Crippen molar-refractivity contribution in [3.8, 4) is 11.3 Å². The molecule has 0 unspecified atom stereocenters. The maximum absolute atomic E-state index is 13.8. The number of carbonyl (C=O) groups excluding carboxylic acids is 1. The highest BCUT2D eigenvalue weighted by atomic mass is 16.2. The standard InChI is InChI=1S/C28H27N5O/c29-24(21-10-3-1-4-11-21)16-17-30-20-23-14-9-19-32(23)28(34)27-26(22-12-5-2-6-13-22)31-25-15-7-8-18-33(25)27/h1-8,10-13,15-18,23H,9,14,19-20,29H2/b24-16-,30-17?/t23-/m0/s1. The molecule has 4 aromatic rings. The second kappa shape index (κ2) is 9.75. The zero-order valence-electron chi connectivity index (χ0n) is 18.9. The fraction of sp³-hybridized carbons (Fsp3) is 0.179. The van der Waals surface area contributed by atoms with Gasteiger partial charge in [-0.2, -0.15) is 0 Å². The molecular formula is C28H27N5O. The van der Waals surface area contributed by atoms with Crippen molar-refractivity contribution in [2.75, 3.05) is 13.1 Å². The van der Waals surface area contributed by atoms with E-state index in [1.54, 1.807) is 6.21 Å². The third-order valence-corrected chi connectivity index (χ3v) is 6.20. The normalized spacial score (nSPS) is 16.5. The van der Waals surface area contributed by atoms with Crippen molar-refractivity contribution in [3.63, 3.8) is 0 Å². The van der Waals surface area contributed by atoms with E-state index in [2.05, 4.69) is 4.99 Å². The highest BCUT2D eigenvalue weighted by molar-refractivity contribution is 6.00. The molecule has 1 saturated heterocycles. The SMILES string of the molecule is N/C(=C\C=NC[C@@H]1CCCN1C(=O)c1c(-c2ccccc2)nc2ccccn12)c1ccccc1. The molecule has 1 atom stereocenters. The molecule has 2 aromatic carbocycles. The Labute approximate surface area is 199 Å². The van der Waals surface area contributed by atoms with E-state index < -0.39 is 0 Å². The van der Waals surface area contributed by atoms with Crippen LogP contribution in [-0.4, -0.2) is 45.5 Å². The van der Waals surface area contributed by atoms with E-state index >= 15 is 0 Å². The molecule has 2 N–H and O–H groups in total. The highest BCUT2D eigenvalue weighted by Crippen LogP contribution is 2.28. The largest absolute Gasteiger partial charge is 0.398 e. The van der Waals surface area contributed by atoms with Crippen LogP contribution in [0.5, 0.6) is 0 Å². The van der Waals surface area contributed by atoms with Gasteiger partial charge < -0.3 is 10.6 Å². The van der Waals surface area contributed by atoms with Crippen LogP contribution in [0.2, 0.25) is 0 Å². The van der Waals surface area contributed by atoms with Crippen molar-refractivity contribution in [1.82, 2.24) is 14.3 Å². The highest BCUT2D eigenvalue weighted by Gasteiger charge is 2.32. The predicted octanol–water partition coefficient (Wildman–Crippen LogP) is 4.68. The summed E-state index contributed by atoms with van der Waals surface area (Å²) in [6.07, 6.45) is 7.35. The zero-order chi connectivity index (χ0) is 23.3. The quantitative estimate of drug-likeness (QED) is 0.435. The Hall–Kier alpha value is -4.19. The maximum atomic E-state index is 13.8. The van der Waals surface area contributed by atoms with Gasteiger partial charge in [0.05, 0.1) is 12.6 Å². The van der Waals surface area contributed by atoms with E-state index in [0.717, 1.165) is 36.2 Å². The Balaban J connectivity index is 1.38. The molecule has 34 heavy (non-hydrogen) atoms. The van der Waals surface area contributed by atoms with Crippen LogP contribution in [-0.2, 0) is 0 Å². The first-order valence-corrected chi connectivity index (χ1v) is 11.6. The van der Waals surface area contributed by atoms with Gasteiger partial charge in [0.25, 0.3) is 5.91 Å². The molecule has 0 radical (unpaired) electrons. The molecule has 5 rings (SSSR count). The van der Waals surface area contributed by atoms with Gasteiger partial charge in [0.15, 0.2) is 0 Å². The molecule has 1 amide bonds. The number of carbonyl (C=O) groups is 1. The third kappa shape index (κ3) is 4.35. The number of fused-ring (bicyclic) bond motifs is 1. The number of rotatable bonds is 6. The fourth-order valence-corrected chi connectivity index (χ4v) is 4.47. The van der Waals surface area contributed by atoms with Gasteiger partial charge in [-0.05, 0) is 36.6 Å². The van der Waals surface area contributed by atoms with Gasteiger partial charge in [0, 0.05) is 30.2 Å². The van der Waals surface area contributed by atoms with Crippen LogP contribution in [0.1, 0.15) is 28.9 Å². The summed E-state index contributed by atoms with van der Waals surface area (Å²) in [6.45, 7) is 1.26. The smallest absolute Gasteiger partial charge is 0.273 e. The summed E-state index contributed by atoms with van der Waals surface area (Å²) in [6, 6.07) is 25.5. The summed E-state index contributed by atoms with van der Waals surface area (Å²) >= 11 is 0. The summed E-state index contributed by atoms with van der Waals surface area (Å²) in [7, 11) is 0. The molecule has 0 bridgehead atoms. The van der Waals surface area contributed by atoms with Gasteiger partial charge in [0.1, 0.15) is 17.0 Å². The van der Waals surface area contributed by atoms with Crippen molar-refractivity contribution in [2.45, 2.75) is 18.9 Å². The van der Waals surface area contributed by atoms with Gasteiger partial charge >= 0.3 is 0 Å². The number of likely N-dealkylation sites (tertiary alicyclic amines) is 1. The molecule has 170 valence electrons. The van der Waals surface area contributed by atoms with Crippen LogP contribution in [0.3, 0.4) is 0 Å². The topological polar surface area (TPSA) is 76.0 Å². The molecule has 6 nitrogen and oxygen atoms in total. The minimum absolute atomic E-state index is 0.00501. The molecule has 3 heterocycles. The lowest BCUT2D eigenvalue weighted by Gasteiger charge is -2.23. The van der Waals surface area contributed by atoms with Crippen molar-refractivity contribution in [1.29, 1.82) is 0 Å². The summed E-state index contributed by atoms with van der Waals surface area (Å²) in [5.41, 5.74) is 10.8. The zero-order valence-corrected chi connectivity index (χ0v) is 18.9. The number of allylic oxidation sites excluding steroid dienone is 1. The van der Waals surface area contributed by atoms with Crippen molar-refractivity contribution in [2.24, 2.45) is 10.7 Å². The number of aromatic nitrogens is 2. The second-order valence-electron chi connectivity index (χ2n) is 8.40. The number of imidazole rings is 1. The molecule has 0 aliphatic carbocycles. The summed E-state index contributed by atoms with van der Waals surface area (Å²) in [5.74, 6) is -0.00501. The number of aliphatic imine (C=N–C) groups is 1. The van der Waals surface area contributed by atoms with E-state index in [9.17, 15) is 4.79 Å². The number of amides is 1. The molecule has 6 heteroatoms. The second-order valence-corrected chi connectivity index (χ2v) is 8.40. The van der Waals surface area contributed by atoms with Crippen LogP contribution in [0.25, 0.3) is 22.6 Å². The Morgan fingerprint density at radius 2 is 1.76 bits per heavy atom. The van der Waals surface area contributed by atoms with Gasteiger partial charge in [-0.15, -0.1) is 0 Å². The Morgan fingerprint density at radius 1 is 1.03 bits per heavy atom. The number of hydrogen-bond acceptors (Lipinski definition) is 4. The molecule has 2 aromatic heterocycles. The number of hydrogen-bond donors (Lipinski definition) is 1. The molecule has 1 aliphatic heterocycles. The van der Waals surface area contributed by atoms with Gasteiger partial charge in [0.2, 0.25) is 0 Å². The van der Waals surface area contributed by atoms with Crippen LogP contribution < -0.4 is 5.73 Å². The first-order chi connectivity index (χ1) is 16.7. The van der Waals surface area contributed by atoms with Gasteiger partial charge in [-0.25, -0.2) is 4.98 Å². The fourth-order valence-electron chi connectivity index (χ4n) is 4.47. The average Bonchev–Trinajstić information content (AvgIpc) is 3.52. The van der Waals surface area contributed by atoms with E-state index in [1.165, 1.54) is 0 Å². The minimum atomic E-state index is -0.00501. The van der Waals surface area contributed by atoms with Crippen molar-refractivity contribution in [3.05, 3.63) is 102 Å². The lowest BCUT2D eigenvalue weighted by atomic mass is 10.1. The Kier molecular flexibility index (Phi) is 6.21. The minimum Gasteiger partial charge on any atom is -0.398 e. The van der Waals surface area contributed by atoms with Crippen molar-refractivity contribution < 1.29 is 4.79 Å². The third-order valence-electron chi connectivity index (χ3n) is 6.20. The van der Waals surface area contributed by atoms with Crippen LogP contribution in [0, 0.1) is 0 Å². The van der Waals surface area contributed by atoms with Crippen LogP contribution >= 0.6 is 0 Å². The lowest BCUT2D eigenvalue weighted by Crippen LogP contribution is -2.38. The van der Waals surface area contributed by atoms with Gasteiger partial charge in [-0.1, -0.05) is 66.7 Å². The van der Waals surface area contributed by atoms with Crippen LogP contribution in [0.15, 0.2) is 96.1 Å². The monoisotopic (exact) mass is 449 g/mol. The van der Waals surface area contributed by atoms with Crippen LogP contribution in [0.4, 0.5) is 0 Å². The molecule has 0 spiro atoms. The summed E-state index contributed by atoms with van der Waals surface area (Å²) in [4.78, 5) is 25.1. The van der Waals surface area contributed by atoms with E-state index in [4.69, 9.17) is 10.7 Å². The molecule has 1 fully saturated rings. The first-order valence-electron chi connectivity index (χ1n) is 11.6. The Bertz CT molecular complexity index is 1340. The first kappa shape index (κ1) is 21.6.